The third-order valence-electron chi connectivity index (χ3n) is 5.36. The second-order valence-corrected chi connectivity index (χ2v) is 7.52. The number of benzene rings is 2. The number of carbonyl (C=O) groups is 1. The van der Waals surface area contributed by atoms with Crippen LogP contribution in [0.2, 0.25) is 0 Å². The molecule has 156 valence electrons. The normalized spacial score (nSPS) is 16.0. The highest BCUT2D eigenvalue weighted by molar-refractivity contribution is 5.93. The molecule has 0 aromatic heterocycles. The molecule has 29 heavy (non-hydrogen) atoms. The van der Waals surface area contributed by atoms with E-state index in [2.05, 4.69) is 5.32 Å². The molecule has 0 saturated carbocycles. The average molecular weight is 406 g/mol. The van der Waals surface area contributed by atoms with Crippen molar-refractivity contribution in [1.82, 2.24) is 4.90 Å². The summed E-state index contributed by atoms with van der Waals surface area (Å²) < 4.78 is 39.1. The summed E-state index contributed by atoms with van der Waals surface area (Å²) in [6, 6.07) is 12.2. The number of piperidine rings is 1. The largest absolute Gasteiger partial charge is 0.508 e. The Hall–Kier alpha value is -2.54. The summed E-state index contributed by atoms with van der Waals surface area (Å²) >= 11 is 0. The van der Waals surface area contributed by atoms with Crippen molar-refractivity contribution in [3.05, 3.63) is 59.7 Å². The van der Waals surface area contributed by atoms with Crippen molar-refractivity contribution >= 4 is 11.6 Å². The first-order valence-electron chi connectivity index (χ1n) is 9.77. The van der Waals surface area contributed by atoms with E-state index < -0.39 is 17.6 Å². The van der Waals surface area contributed by atoms with Crippen molar-refractivity contribution in [3.63, 3.8) is 0 Å². The monoisotopic (exact) mass is 406 g/mol. The molecule has 1 aliphatic rings. The van der Waals surface area contributed by atoms with Crippen molar-refractivity contribution in [2.45, 2.75) is 31.9 Å². The Kier molecular flexibility index (Phi) is 6.79. The van der Waals surface area contributed by atoms with Crippen molar-refractivity contribution in [2.75, 3.05) is 25.0 Å². The van der Waals surface area contributed by atoms with Crippen LogP contribution in [-0.4, -0.2) is 35.5 Å². The summed E-state index contributed by atoms with van der Waals surface area (Å²) in [4.78, 5) is 14.2. The van der Waals surface area contributed by atoms with E-state index in [0.29, 0.717) is 5.92 Å². The lowest BCUT2D eigenvalue weighted by Gasteiger charge is -2.31. The second kappa shape index (κ2) is 9.31. The van der Waals surface area contributed by atoms with Crippen LogP contribution < -0.4 is 5.32 Å². The Labute approximate surface area is 168 Å². The van der Waals surface area contributed by atoms with Gasteiger partial charge in [-0.3, -0.25) is 9.69 Å². The fourth-order valence-corrected chi connectivity index (χ4v) is 3.70. The standard InChI is InChI=1S/C22H25F3N2O2/c23-22(24,25)19-3-1-2-4-20(19)26-21(29)15-27-13-11-17(12-14-27)6-5-16-7-9-18(28)10-8-16/h1-4,7-10,17,28H,5-6,11-15H2,(H,26,29). The number of phenolic OH excluding ortho intramolecular Hbond substituents is 1. The third-order valence-corrected chi connectivity index (χ3v) is 5.36. The Morgan fingerprint density at radius 1 is 1.07 bits per heavy atom. The number of amides is 1. The smallest absolute Gasteiger partial charge is 0.418 e. The highest BCUT2D eigenvalue weighted by Gasteiger charge is 2.33. The first kappa shape index (κ1) is 21.2. The molecule has 0 unspecified atom stereocenters. The molecular weight excluding hydrogens is 381 g/mol. The van der Waals surface area contributed by atoms with E-state index in [0.717, 1.165) is 44.8 Å². The van der Waals surface area contributed by atoms with Gasteiger partial charge in [0.15, 0.2) is 0 Å². The van der Waals surface area contributed by atoms with E-state index in [1.54, 1.807) is 12.1 Å². The molecule has 0 radical (unpaired) electrons. The van der Waals surface area contributed by atoms with Crippen LogP contribution in [0, 0.1) is 5.92 Å². The zero-order valence-electron chi connectivity index (χ0n) is 16.1. The summed E-state index contributed by atoms with van der Waals surface area (Å²) in [5.74, 6) is 0.400. The molecule has 2 N–H and O–H groups in total. The van der Waals surface area contributed by atoms with Gasteiger partial charge in [-0.15, -0.1) is 0 Å². The molecule has 4 nitrogen and oxygen atoms in total. The lowest BCUT2D eigenvalue weighted by Crippen LogP contribution is -2.39. The fourth-order valence-electron chi connectivity index (χ4n) is 3.70. The number of halogens is 3. The van der Waals surface area contributed by atoms with E-state index in [1.165, 1.54) is 23.8 Å². The molecule has 1 fully saturated rings. The number of nitrogens with one attached hydrogen (secondary N) is 1. The van der Waals surface area contributed by atoms with Gasteiger partial charge in [-0.1, -0.05) is 24.3 Å². The zero-order chi connectivity index (χ0) is 20.9. The summed E-state index contributed by atoms with van der Waals surface area (Å²) in [5.41, 5.74) is 0.156. The molecule has 2 aromatic rings. The number of hydrogen-bond donors (Lipinski definition) is 2. The Bertz CT molecular complexity index is 814. The van der Waals surface area contributed by atoms with E-state index in [9.17, 15) is 23.1 Å². The minimum Gasteiger partial charge on any atom is -0.508 e. The van der Waals surface area contributed by atoms with E-state index in [1.807, 2.05) is 17.0 Å². The summed E-state index contributed by atoms with van der Waals surface area (Å²) in [6.45, 7) is 1.61. The van der Waals surface area contributed by atoms with Gasteiger partial charge in [-0.2, -0.15) is 13.2 Å². The van der Waals surface area contributed by atoms with Crippen LogP contribution in [-0.2, 0) is 17.4 Å². The number of carbonyl (C=O) groups excluding carboxylic acids is 1. The van der Waals surface area contributed by atoms with Gasteiger partial charge < -0.3 is 10.4 Å². The summed E-state index contributed by atoms with van der Waals surface area (Å²) in [5, 5.41) is 11.7. The molecule has 0 aliphatic carbocycles. The van der Waals surface area contributed by atoms with Crippen LogP contribution in [0.4, 0.5) is 18.9 Å². The van der Waals surface area contributed by atoms with E-state index >= 15 is 0 Å². The first-order chi connectivity index (χ1) is 13.8. The number of aryl methyl sites for hydroxylation is 1. The van der Waals surface area contributed by atoms with Gasteiger partial charge in [0.05, 0.1) is 17.8 Å². The number of aromatic hydroxyl groups is 1. The molecule has 1 saturated heterocycles. The van der Waals surface area contributed by atoms with E-state index in [4.69, 9.17) is 0 Å². The van der Waals surface area contributed by atoms with Crippen LogP contribution >= 0.6 is 0 Å². The number of likely N-dealkylation sites (tertiary alicyclic amines) is 1. The SMILES string of the molecule is O=C(CN1CCC(CCc2ccc(O)cc2)CC1)Nc1ccccc1C(F)(F)F. The van der Waals surface area contributed by atoms with Gasteiger partial charge in [0.2, 0.25) is 5.91 Å². The molecule has 0 atom stereocenters. The highest BCUT2D eigenvalue weighted by atomic mass is 19.4. The predicted octanol–water partition coefficient (Wildman–Crippen LogP) is 4.69. The molecular formula is C22H25F3N2O2. The fraction of sp³-hybridized carbons (Fsp3) is 0.409. The topological polar surface area (TPSA) is 52.6 Å². The minimum atomic E-state index is -4.50. The van der Waals surface area contributed by atoms with Crippen LogP contribution in [0.15, 0.2) is 48.5 Å². The second-order valence-electron chi connectivity index (χ2n) is 7.52. The number of rotatable bonds is 6. The van der Waals surface area contributed by atoms with Gasteiger partial charge in [0.1, 0.15) is 5.75 Å². The Balaban J connectivity index is 1.44. The van der Waals surface area contributed by atoms with Crippen molar-refractivity contribution < 1.29 is 23.1 Å². The highest BCUT2D eigenvalue weighted by Crippen LogP contribution is 2.34. The maximum atomic E-state index is 13.0. The molecule has 1 heterocycles. The maximum absolute atomic E-state index is 13.0. The van der Waals surface area contributed by atoms with Crippen molar-refractivity contribution in [2.24, 2.45) is 5.92 Å². The summed E-state index contributed by atoms with van der Waals surface area (Å²) in [7, 11) is 0. The first-order valence-corrected chi connectivity index (χ1v) is 9.77. The number of phenols is 1. The number of hydrogen-bond acceptors (Lipinski definition) is 3. The number of nitrogens with zero attached hydrogens (tertiary/aromatic N) is 1. The molecule has 0 bridgehead atoms. The van der Waals surface area contributed by atoms with Gasteiger partial charge in [0, 0.05) is 0 Å². The van der Waals surface area contributed by atoms with Gasteiger partial charge >= 0.3 is 6.18 Å². The molecule has 1 amide bonds. The molecule has 7 heteroatoms. The minimum absolute atomic E-state index is 0.0941. The third kappa shape index (κ3) is 6.22. The zero-order valence-corrected chi connectivity index (χ0v) is 16.1. The molecule has 3 rings (SSSR count). The lowest BCUT2D eigenvalue weighted by atomic mass is 9.90. The van der Waals surface area contributed by atoms with Gasteiger partial charge in [0.25, 0.3) is 0 Å². The number of anilines is 1. The Morgan fingerprint density at radius 3 is 2.38 bits per heavy atom. The maximum Gasteiger partial charge on any atom is 0.418 e. The quantitative estimate of drug-likeness (QED) is 0.732. The lowest BCUT2D eigenvalue weighted by molar-refractivity contribution is -0.137. The van der Waals surface area contributed by atoms with Gasteiger partial charge in [-0.25, -0.2) is 0 Å². The van der Waals surface area contributed by atoms with E-state index in [-0.39, 0.29) is 18.0 Å². The molecule has 0 spiro atoms. The van der Waals surface area contributed by atoms with Crippen LogP contribution in [0.1, 0.15) is 30.4 Å². The number of para-hydroxylation sites is 1. The van der Waals surface area contributed by atoms with Crippen LogP contribution in [0.3, 0.4) is 0 Å². The van der Waals surface area contributed by atoms with Crippen molar-refractivity contribution in [3.8, 4) is 5.75 Å². The van der Waals surface area contributed by atoms with Crippen LogP contribution in [0.25, 0.3) is 0 Å². The number of alkyl halides is 3. The predicted molar refractivity (Wildman–Crippen MR) is 106 cm³/mol. The molecule has 1 aliphatic heterocycles. The average Bonchev–Trinajstić information content (AvgIpc) is 2.68. The molecule has 2 aromatic carbocycles. The van der Waals surface area contributed by atoms with Crippen LogP contribution in [0.5, 0.6) is 5.75 Å². The summed E-state index contributed by atoms with van der Waals surface area (Å²) in [6.07, 6.45) is -0.585. The van der Waals surface area contributed by atoms with Crippen molar-refractivity contribution in [1.29, 1.82) is 0 Å². The Morgan fingerprint density at radius 2 is 1.72 bits per heavy atom. The van der Waals surface area contributed by atoms with Gasteiger partial charge in [-0.05, 0) is 74.5 Å².